The van der Waals surface area contributed by atoms with Crippen LogP contribution in [0.1, 0.15) is 12.8 Å². The number of halogens is 3. The van der Waals surface area contributed by atoms with E-state index < -0.39 is 18.8 Å². The molecular formula is C6H9BrF2. The number of hydrogen-bond donors (Lipinski definition) is 0. The summed E-state index contributed by atoms with van der Waals surface area (Å²) in [5.74, 6) is 0. The van der Waals surface area contributed by atoms with Crippen LogP contribution in [-0.2, 0) is 0 Å². The second-order valence-corrected chi connectivity index (χ2v) is 4.07. The molecule has 0 bridgehead atoms. The molecule has 0 unspecified atom stereocenters. The maximum atomic E-state index is 12.0. The van der Waals surface area contributed by atoms with E-state index in [4.69, 9.17) is 0 Å². The van der Waals surface area contributed by atoms with Gasteiger partial charge in [-0.05, 0) is 12.8 Å². The molecule has 1 aliphatic carbocycles. The molecule has 0 spiro atoms. The Labute approximate surface area is 61.8 Å². The predicted octanol–water partition coefficient (Wildman–Crippen LogP) is 2.47. The summed E-state index contributed by atoms with van der Waals surface area (Å²) in [5, 5.41) is 0. The minimum atomic E-state index is -0.603. The van der Waals surface area contributed by atoms with Gasteiger partial charge in [0.15, 0.2) is 0 Å². The van der Waals surface area contributed by atoms with E-state index in [1.807, 2.05) is 0 Å². The summed E-state index contributed by atoms with van der Waals surface area (Å²) in [5.41, 5.74) is -0.603. The van der Waals surface area contributed by atoms with Crippen LogP contribution in [0, 0.1) is 5.41 Å². The number of hydrogen-bond acceptors (Lipinski definition) is 0. The molecule has 1 saturated carbocycles. The van der Waals surface area contributed by atoms with Gasteiger partial charge in [0.25, 0.3) is 0 Å². The molecule has 0 N–H and O–H groups in total. The molecule has 9 heavy (non-hydrogen) atoms. The highest BCUT2D eigenvalue weighted by Gasteiger charge is 2.43. The van der Waals surface area contributed by atoms with Crippen LogP contribution >= 0.6 is 15.9 Å². The SMILES string of the molecule is FCC1(CF)CC(Br)C1. The van der Waals surface area contributed by atoms with E-state index in [1.54, 1.807) is 0 Å². The molecule has 1 aliphatic rings. The van der Waals surface area contributed by atoms with Gasteiger partial charge in [-0.15, -0.1) is 0 Å². The Bertz CT molecular complexity index is 93.2. The van der Waals surface area contributed by atoms with Gasteiger partial charge < -0.3 is 0 Å². The van der Waals surface area contributed by atoms with Crippen molar-refractivity contribution in [1.29, 1.82) is 0 Å². The Morgan fingerprint density at radius 3 is 1.89 bits per heavy atom. The minimum Gasteiger partial charge on any atom is -0.250 e. The van der Waals surface area contributed by atoms with Gasteiger partial charge in [-0.2, -0.15) is 0 Å². The summed E-state index contributed by atoms with van der Waals surface area (Å²) < 4.78 is 24.0. The van der Waals surface area contributed by atoms with Gasteiger partial charge in [0.2, 0.25) is 0 Å². The monoisotopic (exact) mass is 198 g/mol. The van der Waals surface area contributed by atoms with Crippen LogP contribution in [0.2, 0.25) is 0 Å². The normalized spacial score (nSPS) is 25.7. The molecule has 1 rings (SSSR count). The fourth-order valence-electron chi connectivity index (χ4n) is 1.13. The van der Waals surface area contributed by atoms with Crippen molar-refractivity contribution >= 4 is 15.9 Å². The molecule has 3 heteroatoms. The third-order valence-electron chi connectivity index (χ3n) is 1.88. The van der Waals surface area contributed by atoms with Crippen molar-refractivity contribution in [1.82, 2.24) is 0 Å². The molecule has 0 amide bonds. The quantitative estimate of drug-likeness (QED) is 0.599. The number of rotatable bonds is 2. The lowest BCUT2D eigenvalue weighted by Crippen LogP contribution is -2.41. The molecule has 0 heterocycles. The van der Waals surface area contributed by atoms with Crippen LogP contribution in [0.25, 0.3) is 0 Å². The molecule has 1 fully saturated rings. The van der Waals surface area contributed by atoms with Crippen LogP contribution in [0.15, 0.2) is 0 Å². The van der Waals surface area contributed by atoms with Crippen LogP contribution in [0.3, 0.4) is 0 Å². The second kappa shape index (κ2) is 2.52. The lowest BCUT2D eigenvalue weighted by atomic mass is 9.71. The number of alkyl halides is 3. The molecule has 0 aromatic rings. The third kappa shape index (κ3) is 1.26. The topological polar surface area (TPSA) is 0 Å². The third-order valence-corrected chi connectivity index (χ3v) is 2.52. The molecule has 0 aliphatic heterocycles. The van der Waals surface area contributed by atoms with Gasteiger partial charge in [-0.1, -0.05) is 15.9 Å². The summed E-state index contributed by atoms with van der Waals surface area (Å²) >= 11 is 3.28. The highest BCUT2D eigenvalue weighted by molar-refractivity contribution is 9.09. The van der Waals surface area contributed by atoms with Crippen LogP contribution in [0.4, 0.5) is 8.78 Å². The summed E-state index contributed by atoms with van der Waals surface area (Å²) in [6, 6.07) is 0. The van der Waals surface area contributed by atoms with Crippen molar-refractivity contribution in [2.45, 2.75) is 17.7 Å². The predicted molar refractivity (Wildman–Crippen MR) is 36.3 cm³/mol. The smallest absolute Gasteiger partial charge is 0.0976 e. The van der Waals surface area contributed by atoms with Crippen LogP contribution in [-0.4, -0.2) is 18.2 Å². The Hall–Kier alpha value is 0.340. The summed E-state index contributed by atoms with van der Waals surface area (Å²) in [4.78, 5) is 0.351. The van der Waals surface area contributed by atoms with Gasteiger partial charge >= 0.3 is 0 Å². The average molecular weight is 199 g/mol. The highest BCUT2D eigenvalue weighted by atomic mass is 79.9. The van der Waals surface area contributed by atoms with Gasteiger partial charge in [0, 0.05) is 10.2 Å². The molecule has 54 valence electrons. The van der Waals surface area contributed by atoms with Gasteiger partial charge in [-0.3, -0.25) is 8.78 Å². The molecule has 0 nitrogen and oxygen atoms in total. The lowest BCUT2D eigenvalue weighted by molar-refractivity contribution is 0.0671. The van der Waals surface area contributed by atoms with Gasteiger partial charge in [0.05, 0.1) is 13.3 Å². The Morgan fingerprint density at radius 1 is 1.33 bits per heavy atom. The zero-order valence-corrected chi connectivity index (χ0v) is 6.63. The first kappa shape index (κ1) is 7.45. The molecular weight excluding hydrogens is 190 g/mol. The lowest BCUT2D eigenvalue weighted by Gasteiger charge is -2.41. The Morgan fingerprint density at radius 2 is 1.78 bits per heavy atom. The van der Waals surface area contributed by atoms with Gasteiger partial charge in [-0.25, -0.2) is 0 Å². The summed E-state index contributed by atoms with van der Waals surface area (Å²) in [7, 11) is 0. The van der Waals surface area contributed by atoms with Crippen molar-refractivity contribution < 1.29 is 8.78 Å². The highest BCUT2D eigenvalue weighted by Crippen LogP contribution is 2.45. The van der Waals surface area contributed by atoms with Crippen molar-refractivity contribution in [3.8, 4) is 0 Å². The standard InChI is InChI=1S/C6H9BrF2/c7-5-1-6(2-5,3-8)4-9/h5H,1-4H2. The maximum Gasteiger partial charge on any atom is 0.0976 e. The van der Waals surface area contributed by atoms with Gasteiger partial charge in [0.1, 0.15) is 0 Å². The zero-order chi connectivity index (χ0) is 6.91. The molecule has 0 aromatic carbocycles. The first-order chi connectivity index (χ1) is 4.22. The first-order valence-corrected chi connectivity index (χ1v) is 3.90. The summed E-state index contributed by atoms with van der Waals surface area (Å²) in [6.07, 6.45) is 1.31. The van der Waals surface area contributed by atoms with E-state index in [0.717, 1.165) is 0 Å². The second-order valence-electron chi connectivity index (χ2n) is 2.77. The Balaban J connectivity index is 2.36. The van der Waals surface area contributed by atoms with Crippen molar-refractivity contribution in [2.75, 3.05) is 13.3 Å². The molecule has 0 aromatic heterocycles. The fourth-order valence-corrected chi connectivity index (χ4v) is 2.51. The van der Waals surface area contributed by atoms with E-state index in [9.17, 15) is 8.78 Å². The minimum absolute atomic E-state index is 0.351. The fraction of sp³-hybridized carbons (Fsp3) is 1.00. The largest absolute Gasteiger partial charge is 0.250 e. The van der Waals surface area contributed by atoms with Crippen molar-refractivity contribution in [3.63, 3.8) is 0 Å². The zero-order valence-electron chi connectivity index (χ0n) is 5.04. The molecule has 0 radical (unpaired) electrons. The average Bonchev–Trinajstić information content (AvgIpc) is 1.81. The van der Waals surface area contributed by atoms with Crippen LogP contribution in [0.5, 0.6) is 0 Å². The van der Waals surface area contributed by atoms with E-state index >= 15 is 0 Å². The van der Waals surface area contributed by atoms with E-state index in [0.29, 0.717) is 17.7 Å². The van der Waals surface area contributed by atoms with Crippen molar-refractivity contribution in [3.05, 3.63) is 0 Å². The Kier molecular flexibility index (Phi) is 2.09. The first-order valence-electron chi connectivity index (χ1n) is 2.98. The van der Waals surface area contributed by atoms with E-state index in [1.165, 1.54) is 0 Å². The van der Waals surface area contributed by atoms with E-state index in [-0.39, 0.29) is 0 Å². The van der Waals surface area contributed by atoms with E-state index in [2.05, 4.69) is 15.9 Å². The van der Waals surface area contributed by atoms with Crippen molar-refractivity contribution in [2.24, 2.45) is 5.41 Å². The molecule has 0 atom stereocenters. The summed E-state index contributed by atoms with van der Waals surface area (Å²) in [6.45, 7) is -1.02. The maximum absolute atomic E-state index is 12.0. The van der Waals surface area contributed by atoms with Crippen LogP contribution < -0.4 is 0 Å². The molecule has 0 saturated heterocycles.